The molecule has 0 aromatic rings. The van der Waals surface area contributed by atoms with Gasteiger partial charge in [-0.2, -0.15) is 0 Å². The Morgan fingerprint density at radius 2 is 1.55 bits per heavy atom. The van der Waals surface area contributed by atoms with Crippen LogP contribution in [0.2, 0.25) is 0 Å². The maximum Gasteiger partial charge on any atom is 0.329 e. The molecule has 1 saturated carbocycles. The van der Waals surface area contributed by atoms with E-state index in [1.165, 1.54) is 12.0 Å². The van der Waals surface area contributed by atoms with Gasteiger partial charge in [0.15, 0.2) is 5.78 Å². The quantitative estimate of drug-likeness (QED) is 0.142. The van der Waals surface area contributed by atoms with E-state index in [2.05, 4.69) is 6.92 Å². The first-order chi connectivity index (χ1) is 30.3. The zero-order valence-electron chi connectivity index (χ0n) is 40.4. The standard InChI is InChI=1S/C51H81NO12/c1-31-16-12-11-13-17-33(3)43(60-8)30-39-22-20-37(7)51(59,64-39)48(56)49(57)52-25-15-14-18-40(52)50(58)63-42(34(4)28-38-21-23-41(53)44(29-38)61-9)24-19-32(2)27-36(6)46(55)47(62-10)45(54)35(5)26-31/h11-13,16-17,27,31-32,34-35,37-44,46-47,53,55,59H,14-15,18-26,28-30H2,1-10H3/b13-11?,16-12+,33-17?,36-27+/t31-,32+,34-,35-,37-,38+,39+,40+,41-,42+,43+,44-,46-,47+,51-/m1/s1. The topological polar surface area (TPSA) is 178 Å². The summed E-state index contributed by atoms with van der Waals surface area (Å²) >= 11 is 0. The second-order valence-corrected chi connectivity index (χ2v) is 19.7. The van der Waals surface area contributed by atoms with Gasteiger partial charge in [-0.1, -0.05) is 71.1 Å². The Balaban J connectivity index is 1.67. The molecule has 3 heterocycles. The molecule has 3 N–H and O–H groups in total. The summed E-state index contributed by atoms with van der Waals surface area (Å²) in [6, 6.07) is -1.02. The second-order valence-electron chi connectivity index (χ2n) is 19.7. The molecule has 64 heavy (non-hydrogen) atoms. The largest absolute Gasteiger partial charge is 0.461 e. The van der Waals surface area contributed by atoms with Crippen molar-refractivity contribution in [2.75, 3.05) is 27.9 Å². The van der Waals surface area contributed by atoms with Crippen LogP contribution in [-0.4, -0.2) is 126 Å². The third kappa shape index (κ3) is 14.2. The number of ketones is 2. The van der Waals surface area contributed by atoms with Gasteiger partial charge in [-0.15, -0.1) is 0 Å². The first-order valence-corrected chi connectivity index (χ1v) is 24.0. The van der Waals surface area contributed by atoms with Gasteiger partial charge >= 0.3 is 5.97 Å². The fourth-order valence-corrected chi connectivity index (χ4v) is 10.3. The predicted molar refractivity (Wildman–Crippen MR) is 245 cm³/mol. The summed E-state index contributed by atoms with van der Waals surface area (Å²) in [5.74, 6) is -6.09. The van der Waals surface area contributed by atoms with Crippen molar-refractivity contribution in [3.05, 3.63) is 47.6 Å². The van der Waals surface area contributed by atoms with Crippen LogP contribution in [0.25, 0.3) is 0 Å². The monoisotopic (exact) mass is 900 g/mol. The van der Waals surface area contributed by atoms with E-state index >= 15 is 0 Å². The lowest BCUT2D eigenvalue weighted by Gasteiger charge is -2.42. The van der Waals surface area contributed by atoms with Crippen molar-refractivity contribution >= 4 is 23.4 Å². The number of amides is 1. The summed E-state index contributed by atoms with van der Waals surface area (Å²) in [5, 5.41) is 33.9. The summed E-state index contributed by atoms with van der Waals surface area (Å²) in [7, 11) is 4.65. The number of fused-ring (bicyclic) bond motifs is 3. The zero-order valence-corrected chi connectivity index (χ0v) is 40.4. The third-order valence-corrected chi connectivity index (χ3v) is 14.5. The number of cyclic esters (lactones) is 1. The Hall–Kier alpha value is -3.04. The van der Waals surface area contributed by atoms with Crippen LogP contribution in [-0.2, 0) is 42.9 Å². The van der Waals surface area contributed by atoms with Crippen LogP contribution in [0.5, 0.6) is 0 Å². The third-order valence-electron chi connectivity index (χ3n) is 14.5. The number of esters is 1. The Morgan fingerprint density at radius 1 is 0.812 bits per heavy atom. The molecule has 0 aromatic heterocycles. The fourth-order valence-electron chi connectivity index (χ4n) is 10.3. The van der Waals surface area contributed by atoms with E-state index in [9.17, 15) is 34.5 Å². The molecule has 3 fully saturated rings. The number of methoxy groups -OCH3 is 3. The van der Waals surface area contributed by atoms with Crippen molar-refractivity contribution in [2.45, 2.75) is 186 Å². The van der Waals surface area contributed by atoms with Crippen LogP contribution < -0.4 is 0 Å². The van der Waals surface area contributed by atoms with Crippen molar-refractivity contribution in [3.8, 4) is 0 Å². The smallest absolute Gasteiger partial charge is 0.329 e. The minimum absolute atomic E-state index is 0.0678. The van der Waals surface area contributed by atoms with Crippen molar-refractivity contribution < 1.29 is 58.2 Å². The molecule has 4 rings (SSSR count). The van der Waals surface area contributed by atoms with Gasteiger partial charge < -0.3 is 43.9 Å². The number of ether oxygens (including phenoxy) is 5. The first-order valence-electron chi connectivity index (χ1n) is 24.0. The first kappa shape index (κ1) is 53.6. The highest BCUT2D eigenvalue weighted by Gasteiger charge is 2.53. The lowest BCUT2D eigenvalue weighted by molar-refractivity contribution is -0.265. The highest BCUT2D eigenvalue weighted by atomic mass is 16.6. The average molecular weight is 900 g/mol. The molecule has 1 amide bonds. The Morgan fingerprint density at radius 3 is 2.23 bits per heavy atom. The summed E-state index contributed by atoms with van der Waals surface area (Å²) < 4.78 is 29.6. The van der Waals surface area contributed by atoms with Gasteiger partial charge in [0, 0.05) is 46.1 Å². The molecule has 0 aromatic carbocycles. The fraction of sp³-hybridized carbons (Fsp3) is 0.765. The molecule has 0 unspecified atom stereocenters. The summed E-state index contributed by atoms with van der Waals surface area (Å²) in [5.41, 5.74) is 1.51. The van der Waals surface area contributed by atoms with Crippen LogP contribution in [0.4, 0.5) is 0 Å². The molecule has 4 aliphatic rings. The molecule has 362 valence electrons. The highest BCUT2D eigenvalue weighted by Crippen LogP contribution is 2.38. The molecular formula is C51H81NO12. The lowest BCUT2D eigenvalue weighted by atomic mass is 9.78. The average Bonchev–Trinajstić information content (AvgIpc) is 3.27. The Bertz CT molecular complexity index is 1670. The molecule has 0 spiro atoms. The van der Waals surface area contributed by atoms with Gasteiger partial charge in [0.25, 0.3) is 11.7 Å². The SMILES string of the molecule is CO[C@H]1C[C@@H]2CC[C@@H](C)[C@@](O)(O2)C(=O)C(=O)N2CCCC[C@H]2C(=O)O[C@H]([C@H](C)C[C@@H]2CC[C@@H](O)[C@H](OC)C2)CC[C@H](C)/C=C(\C)[C@@H](O)[C@@H](OC)C(=O)[C@H](C)C[C@H](C)/C=C/C=CC=C1C. The Kier molecular flexibility index (Phi) is 21.1. The molecule has 0 radical (unpaired) electrons. The van der Waals surface area contributed by atoms with E-state index in [1.807, 2.05) is 64.2 Å². The number of Topliss-reactive ketones (excluding diaryl/α,β-unsaturated/α-hetero) is 2. The van der Waals surface area contributed by atoms with Gasteiger partial charge in [0.2, 0.25) is 5.79 Å². The number of allylic oxidation sites excluding steroid dienone is 6. The van der Waals surface area contributed by atoms with Crippen molar-refractivity contribution in [1.82, 2.24) is 4.90 Å². The van der Waals surface area contributed by atoms with Crippen LogP contribution in [0.3, 0.4) is 0 Å². The van der Waals surface area contributed by atoms with Crippen molar-refractivity contribution in [1.29, 1.82) is 0 Å². The van der Waals surface area contributed by atoms with E-state index in [0.717, 1.165) is 18.4 Å². The predicted octanol–water partition coefficient (Wildman–Crippen LogP) is 7.00. The maximum atomic E-state index is 14.4. The minimum Gasteiger partial charge on any atom is -0.461 e. The van der Waals surface area contributed by atoms with E-state index in [-0.39, 0.29) is 48.0 Å². The number of aliphatic hydroxyl groups excluding tert-OH is 2. The molecule has 2 saturated heterocycles. The summed E-state index contributed by atoms with van der Waals surface area (Å²) in [6.45, 7) is 13.6. The number of nitrogens with zero attached hydrogens (tertiary/aromatic N) is 1. The van der Waals surface area contributed by atoms with Gasteiger partial charge in [-0.3, -0.25) is 14.4 Å². The van der Waals surface area contributed by atoms with Gasteiger partial charge in [-0.05, 0) is 126 Å². The van der Waals surface area contributed by atoms with Crippen LogP contribution in [0, 0.1) is 35.5 Å². The number of rotatable bonds is 6. The molecular weight excluding hydrogens is 819 g/mol. The van der Waals surface area contributed by atoms with Gasteiger partial charge in [0.1, 0.15) is 24.4 Å². The zero-order chi connectivity index (χ0) is 47.3. The van der Waals surface area contributed by atoms with Crippen LogP contribution in [0.15, 0.2) is 47.6 Å². The maximum absolute atomic E-state index is 14.4. The van der Waals surface area contributed by atoms with E-state index < -0.39 is 72.0 Å². The lowest BCUT2D eigenvalue weighted by Crippen LogP contribution is -2.61. The minimum atomic E-state index is -2.38. The molecule has 1 aliphatic carbocycles. The Labute approximate surface area is 383 Å². The number of hydrogen-bond acceptors (Lipinski definition) is 12. The van der Waals surface area contributed by atoms with E-state index in [0.29, 0.717) is 76.2 Å². The van der Waals surface area contributed by atoms with Gasteiger partial charge in [-0.25, -0.2) is 4.79 Å². The van der Waals surface area contributed by atoms with Crippen molar-refractivity contribution in [2.24, 2.45) is 35.5 Å². The van der Waals surface area contributed by atoms with Crippen LogP contribution in [0.1, 0.15) is 132 Å². The van der Waals surface area contributed by atoms with Gasteiger partial charge in [0.05, 0.1) is 24.4 Å². The highest BCUT2D eigenvalue weighted by molar-refractivity contribution is 6.39. The van der Waals surface area contributed by atoms with Crippen molar-refractivity contribution in [3.63, 3.8) is 0 Å². The van der Waals surface area contributed by atoms with E-state index in [4.69, 9.17) is 23.7 Å². The molecule has 2 bridgehead atoms. The van der Waals surface area contributed by atoms with Crippen LogP contribution >= 0.6 is 0 Å². The summed E-state index contributed by atoms with van der Waals surface area (Å²) in [6.07, 6.45) is 14.5. The second kappa shape index (κ2) is 25.2. The molecule has 13 nitrogen and oxygen atoms in total. The number of carbonyl (C=O) groups is 4. The number of hydrogen-bond donors (Lipinski definition) is 3. The molecule has 13 heteroatoms. The normalized spacial score (nSPS) is 39.5. The number of aliphatic hydroxyl groups is 3. The molecule has 15 atom stereocenters. The summed E-state index contributed by atoms with van der Waals surface area (Å²) in [4.78, 5) is 57.8. The number of carbonyl (C=O) groups excluding carboxylic acids is 4. The van der Waals surface area contributed by atoms with E-state index in [1.54, 1.807) is 28.1 Å². The number of piperidine rings is 1. The molecule has 3 aliphatic heterocycles.